The summed E-state index contributed by atoms with van der Waals surface area (Å²) in [5.41, 5.74) is 2.29. The second-order valence-electron chi connectivity index (χ2n) is 6.29. The fourth-order valence-corrected chi connectivity index (χ4v) is 4.31. The van der Waals surface area contributed by atoms with E-state index in [4.69, 9.17) is 0 Å². The Bertz CT molecular complexity index is 986. The van der Waals surface area contributed by atoms with Crippen molar-refractivity contribution < 1.29 is 14.0 Å². The first-order valence-electron chi connectivity index (χ1n) is 8.31. The fourth-order valence-electron chi connectivity index (χ4n) is 3.27. The summed E-state index contributed by atoms with van der Waals surface area (Å²) in [7, 11) is 1.50. The van der Waals surface area contributed by atoms with Crippen LogP contribution in [-0.2, 0) is 11.3 Å². The lowest BCUT2D eigenvalue weighted by molar-refractivity contribution is -0.125. The molecule has 0 spiro atoms. The van der Waals surface area contributed by atoms with E-state index in [9.17, 15) is 14.0 Å². The molecule has 0 radical (unpaired) electrons. The van der Waals surface area contributed by atoms with E-state index < -0.39 is 11.4 Å². The highest BCUT2D eigenvalue weighted by molar-refractivity contribution is 8.15. The normalized spacial score (nSPS) is 18.7. The quantitative estimate of drug-likeness (QED) is 0.669. The number of imide groups is 1. The minimum absolute atomic E-state index is 0.196. The summed E-state index contributed by atoms with van der Waals surface area (Å²) < 4.78 is 16.5. The van der Waals surface area contributed by atoms with Gasteiger partial charge in [-0.3, -0.25) is 14.5 Å². The zero-order valence-corrected chi connectivity index (χ0v) is 14.9. The largest absolute Gasteiger partial charge is 0.344 e. The zero-order valence-electron chi connectivity index (χ0n) is 14.1. The van der Waals surface area contributed by atoms with Crippen LogP contribution < -0.4 is 0 Å². The molecule has 1 aromatic heterocycles. The number of alkyl halides is 1. The molecule has 1 fully saturated rings. The fraction of sp³-hybridized carbons (Fsp3) is 0.200. The number of rotatable bonds is 4. The second-order valence-corrected chi connectivity index (χ2v) is 7.34. The molecule has 4 nitrogen and oxygen atoms in total. The average Bonchev–Trinajstić information content (AvgIpc) is 3.19. The summed E-state index contributed by atoms with van der Waals surface area (Å²) >= 11 is 1.02. The zero-order chi connectivity index (χ0) is 18.3. The number of amides is 2. The number of likely N-dealkylation sites (N-methyl/N-ethyl adjacent to an activating group) is 1. The molecule has 1 aliphatic heterocycles. The van der Waals surface area contributed by atoms with E-state index in [2.05, 4.69) is 0 Å². The van der Waals surface area contributed by atoms with Crippen LogP contribution in [0.3, 0.4) is 0 Å². The van der Waals surface area contributed by atoms with Crippen LogP contribution >= 0.6 is 11.8 Å². The average molecular weight is 368 g/mol. The molecule has 0 bridgehead atoms. The standard InChI is InChI=1S/C20H17FN2O2S/c1-22-19(24)18(26-20(22)25)15-8-5-9-17-14(15)10-11-23(17)12-16(21)13-6-3-2-4-7-13/h2-11,16,18H,12H2,1H3. The van der Waals surface area contributed by atoms with E-state index in [0.29, 0.717) is 5.56 Å². The van der Waals surface area contributed by atoms with E-state index in [-0.39, 0.29) is 17.7 Å². The number of hydrogen-bond donors (Lipinski definition) is 0. The first kappa shape index (κ1) is 16.8. The molecule has 0 N–H and O–H groups in total. The third-order valence-corrected chi connectivity index (χ3v) is 5.86. The molecule has 1 aliphatic rings. The number of nitrogens with zero attached hydrogens (tertiary/aromatic N) is 2. The molecule has 4 rings (SSSR count). The van der Waals surface area contributed by atoms with E-state index in [1.807, 2.05) is 53.2 Å². The summed E-state index contributed by atoms with van der Waals surface area (Å²) in [5, 5.41) is 0.0911. The molecular formula is C20H17FN2O2S. The number of carbonyl (C=O) groups is 2. The highest BCUT2D eigenvalue weighted by Crippen LogP contribution is 2.41. The van der Waals surface area contributed by atoms with Crippen LogP contribution in [0.2, 0.25) is 0 Å². The first-order chi connectivity index (χ1) is 12.6. The van der Waals surface area contributed by atoms with Gasteiger partial charge < -0.3 is 4.57 Å². The van der Waals surface area contributed by atoms with Crippen LogP contribution in [0.5, 0.6) is 0 Å². The molecule has 2 amide bonds. The van der Waals surface area contributed by atoms with Crippen molar-refractivity contribution >= 4 is 33.8 Å². The van der Waals surface area contributed by atoms with Crippen LogP contribution in [0.1, 0.15) is 22.5 Å². The van der Waals surface area contributed by atoms with Crippen LogP contribution in [0.15, 0.2) is 60.8 Å². The number of aromatic nitrogens is 1. The lowest BCUT2D eigenvalue weighted by Crippen LogP contribution is -2.24. The maximum atomic E-state index is 14.7. The van der Waals surface area contributed by atoms with Gasteiger partial charge in [0.15, 0.2) is 0 Å². The maximum Gasteiger partial charge on any atom is 0.289 e. The SMILES string of the molecule is CN1C(=O)SC(c2cccc3c2ccn3CC(F)c2ccccc2)C1=O. The molecule has 0 aliphatic carbocycles. The molecule has 1 saturated heterocycles. The number of thioether (sulfide) groups is 1. The molecule has 2 heterocycles. The van der Waals surface area contributed by atoms with Gasteiger partial charge in [0.05, 0.1) is 6.54 Å². The molecular weight excluding hydrogens is 351 g/mol. The van der Waals surface area contributed by atoms with Crippen molar-refractivity contribution in [2.45, 2.75) is 18.0 Å². The van der Waals surface area contributed by atoms with Gasteiger partial charge >= 0.3 is 0 Å². The van der Waals surface area contributed by atoms with Crippen molar-refractivity contribution in [3.05, 3.63) is 71.9 Å². The lowest BCUT2D eigenvalue weighted by atomic mass is 10.1. The number of fused-ring (bicyclic) bond motifs is 1. The van der Waals surface area contributed by atoms with Crippen LogP contribution in [0.25, 0.3) is 10.9 Å². The van der Waals surface area contributed by atoms with Crippen molar-refractivity contribution in [1.82, 2.24) is 9.47 Å². The Morgan fingerprint density at radius 2 is 1.85 bits per heavy atom. The number of carbonyl (C=O) groups excluding carboxylic acids is 2. The molecule has 132 valence electrons. The van der Waals surface area contributed by atoms with Crippen molar-refractivity contribution in [2.24, 2.45) is 0 Å². The van der Waals surface area contributed by atoms with E-state index in [0.717, 1.165) is 33.1 Å². The van der Waals surface area contributed by atoms with Crippen molar-refractivity contribution in [1.29, 1.82) is 0 Å². The monoisotopic (exact) mass is 368 g/mol. The minimum Gasteiger partial charge on any atom is -0.344 e. The topological polar surface area (TPSA) is 42.3 Å². The van der Waals surface area contributed by atoms with Gasteiger partial charge in [-0.2, -0.15) is 0 Å². The van der Waals surface area contributed by atoms with Crippen molar-refractivity contribution in [3.63, 3.8) is 0 Å². The number of halogens is 1. The predicted octanol–water partition coefficient (Wildman–Crippen LogP) is 4.72. The number of benzene rings is 2. The highest BCUT2D eigenvalue weighted by Gasteiger charge is 2.39. The molecule has 6 heteroatoms. The van der Waals surface area contributed by atoms with E-state index in [1.54, 1.807) is 12.1 Å². The minimum atomic E-state index is -1.12. The van der Waals surface area contributed by atoms with Crippen molar-refractivity contribution in [3.8, 4) is 0 Å². The van der Waals surface area contributed by atoms with Crippen molar-refractivity contribution in [2.75, 3.05) is 7.05 Å². The van der Waals surface area contributed by atoms with Gasteiger partial charge in [-0.1, -0.05) is 42.5 Å². The highest BCUT2D eigenvalue weighted by atomic mass is 32.2. The van der Waals surface area contributed by atoms with Crippen LogP contribution in [0, 0.1) is 0 Å². The summed E-state index contributed by atoms with van der Waals surface area (Å²) in [6, 6.07) is 16.6. The lowest BCUT2D eigenvalue weighted by Gasteiger charge is -2.13. The van der Waals surface area contributed by atoms with Gasteiger partial charge in [-0.05, 0) is 35.0 Å². The Balaban J connectivity index is 1.68. The summed E-state index contributed by atoms with van der Waals surface area (Å²) in [6.45, 7) is 0.196. The Morgan fingerprint density at radius 3 is 2.54 bits per heavy atom. The molecule has 3 aromatic rings. The Morgan fingerprint density at radius 1 is 1.08 bits per heavy atom. The molecule has 26 heavy (non-hydrogen) atoms. The Kier molecular flexibility index (Phi) is 4.28. The summed E-state index contributed by atoms with van der Waals surface area (Å²) in [4.78, 5) is 25.3. The van der Waals surface area contributed by atoms with Gasteiger partial charge in [-0.15, -0.1) is 0 Å². The Hall–Kier alpha value is -2.60. The third-order valence-electron chi connectivity index (χ3n) is 4.70. The van der Waals surface area contributed by atoms with Crippen LogP contribution in [0.4, 0.5) is 9.18 Å². The third kappa shape index (κ3) is 2.80. The van der Waals surface area contributed by atoms with Gasteiger partial charge in [0.1, 0.15) is 11.4 Å². The van der Waals surface area contributed by atoms with Gasteiger partial charge in [0.2, 0.25) is 5.91 Å². The number of hydrogen-bond acceptors (Lipinski definition) is 3. The van der Waals surface area contributed by atoms with Gasteiger partial charge in [0, 0.05) is 24.1 Å². The molecule has 0 saturated carbocycles. The Labute approximate surface area is 154 Å². The molecule has 2 unspecified atom stereocenters. The van der Waals surface area contributed by atoms with Gasteiger partial charge in [0.25, 0.3) is 5.24 Å². The smallest absolute Gasteiger partial charge is 0.289 e. The summed E-state index contributed by atoms with van der Waals surface area (Å²) in [5.74, 6) is -0.215. The second kappa shape index (κ2) is 6.61. The maximum absolute atomic E-state index is 14.7. The van der Waals surface area contributed by atoms with E-state index in [1.165, 1.54) is 7.05 Å². The first-order valence-corrected chi connectivity index (χ1v) is 9.19. The molecule has 2 aromatic carbocycles. The van der Waals surface area contributed by atoms with E-state index >= 15 is 0 Å². The summed E-state index contributed by atoms with van der Waals surface area (Å²) in [6.07, 6.45) is 0.713. The molecule has 2 atom stereocenters. The predicted molar refractivity (Wildman–Crippen MR) is 101 cm³/mol. The van der Waals surface area contributed by atoms with Gasteiger partial charge in [-0.25, -0.2) is 4.39 Å². The van der Waals surface area contributed by atoms with Crippen LogP contribution in [-0.4, -0.2) is 27.7 Å².